The highest BCUT2D eigenvalue weighted by molar-refractivity contribution is 8.02. The largest absolute Gasteiger partial charge is 0.113 e. The van der Waals surface area contributed by atoms with Crippen molar-refractivity contribution in [3.8, 4) is 0 Å². The number of benzene rings is 2. The summed E-state index contributed by atoms with van der Waals surface area (Å²) < 4.78 is 0.272. The maximum absolute atomic E-state index is 2.41. The number of rotatable bonds is 1. The molecule has 5 rings (SSSR count). The van der Waals surface area contributed by atoms with E-state index in [4.69, 9.17) is 0 Å². The van der Waals surface area contributed by atoms with Crippen LogP contribution in [0.4, 0.5) is 0 Å². The van der Waals surface area contributed by atoms with E-state index >= 15 is 0 Å². The summed E-state index contributed by atoms with van der Waals surface area (Å²) in [5.41, 5.74) is 5.82. The number of aryl methyl sites for hydroxylation is 1. The summed E-state index contributed by atoms with van der Waals surface area (Å²) in [4.78, 5) is 1.45. The second-order valence-corrected chi connectivity index (χ2v) is 7.59. The summed E-state index contributed by atoms with van der Waals surface area (Å²) in [6, 6.07) is 18.0. The van der Waals surface area contributed by atoms with Gasteiger partial charge in [-0.3, -0.25) is 0 Å². The van der Waals surface area contributed by atoms with Crippen LogP contribution in [0.2, 0.25) is 0 Å². The molecule has 1 aliphatic heterocycles. The van der Waals surface area contributed by atoms with Crippen LogP contribution in [-0.2, 0) is 0 Å². The molecule has 0 bridgehead atoms. The predicted octanol–water partition coefficient (Wildman–Crippen LogP) is 5.21. The minimum Gasteiger partial charge on any atom is -0.113 e. The van der Waals surface area contributed by atoms with Gasteiger partial charge in [-0.1, -0.05) is 66.3 Å². The average molecular weight is 288 g/mol. The van der Waals surface area contributed by atoms with Gasteiger partial charge in [0.15, 0.2) is 0 Å². The van der Waals surface area contributed by atoms with E-state index in [0.29, 0.717) is 11.8 Å². The van der Waals surface area contributed by atoms with E-state index in [2.05, 4.69) is 85.4 Å². The molecule has 3 unspecified atom stereocenters. The average Bonchev–Trinajstić information content (AvgIpc) is 3.04. The van der Waals surface area contributed by atoms with Crippen molar-refractivity contribution < 1.29 is 0 Å². The van der Waals surface area contributed by atoms with Crippen molar-refractivity contribution in [2.75, 3.05) is 0 Å². The third kappa shape index (κ3) is 1.42. The first kappa shape index (κ1) is 11.9. The topological polar surface area (TPSA) is 0 Å². The molecule has 21 heavy (non-hydrogen) atoms. The summed E-state index contributed by atoms with van der Waals surface area (Å²) >= 11 is 2.08. The van der Waals surface area contributed by atoms with Gasteiger partial charge in [-0.15, -0.1) is 11.8 Å². The van der Waals surface area contributed by atoms with Crippen LogP contribution >= 0.6 is 11.8 Å². The van der Waals surface area contributed by atoms with E-state index in [-0.39, 0.29) is 4.75 Å². The first-order chi connectivity index (χ1) is 10.3. The molecule has 2 aromatic rings. The van der Waals surface area contributed by atoms with Gasteiger partial charge >= 0.3 is 0 Å². The molecule has 0 aromatic heterocycles. The summed E-state index contributed by atoms with van der Waals surface area (Å²) in [5, 5.41) is 0. The standard InChI is InChI=1S/C20H16S/c1-13-9-11-14(12-10-13)19-17-7-4-6-16-15-5-2-3-8-18(15)21-20(16,17)19/h2-12,17,19H,1H3. The minimum absolute atomic E-state index is 0.272. The molecule has 1 spiro atoms. The molecule has 2 aliphatic carbocycles. The van der Waals surface area contributed by atoms with Crippen molar-refractivity contribution in [1.29, 1.82) is 0 Å². The maximum Gasteiger partial charge on any atom is 0.0605 e. The zero-order chi connectivity index (χ0) is 14.0. The van der Waals surface area contributed by atoms with Gasteiger partial charge in [0.05, 0.1) is 4.75 Å². The second kappa shape index (κ2) is 3.92. The molecule has 1 saturated carbocycles. The molecule has 3 atom stereocenters. The lowest BCUT2D eigenvalue weighted by Gasteiger charge is -2.14. The molecule has 1 heterocycles. The van der Waals surface area contributed by atoms with Gasteiger partial charge < -0.3 is 0 Å². The molecule has 0 radical (unpaired) electrons. The second-order valence-electron chi connectivity index (χ2n) is 6.27. The van der Waals surface area contributed by atoms with Gasteiger partial charge in [-0.2, -0.15) is 0 Å². The van der Waals surface area contributed by atoms with Crippen molar-refractivity contribution >= 4 is 17.3 Å². The summed E-state index contributed by atoms with van der Waals surface area (Å²) in [6.07, 6.45) is 7.01. The third-order valence-electron chi connectivity index (χ3n) is 5.10. The van der Waals surface area contributed by atoms with Gasteiger partial charge in [0.1, 0.15) is 0 Å². The van der Waals surface area contributed by atoms with Crippen LogP contribution in [-0.4, -0.2) is 4.75 Å². The minimum atomic E-state index is 0.272. The van der Waals surface area contributed by atoms with Crippen molar-refractivity contribution in [1.82, 2.24) is 0 Å². The van der Waals surface area contributed by atoms with Gasteiger partial charge in [0, 0.05) is 16.7 Å². The van der Waals surface area contributed by atoms with Crippen LogP contribution in [0, 0.1) is 12.8 Å². The fourth-order valence-corrected chi connectivity index (χ4v) is 5.85. The maximum atomic E-state index is 2.41. The fourth-order valence-electron chi connectivity index (χ4n) is 4.07. The lowest BCUT2D eigenvalue weighted by Crippen LogP contribution is -2.07. The lowest BCUT2D eigenvalue weighted by molar-refractivity contribution is 1.01. The van der Waals surface area contributed by atoms with Gasteiger partial charge in [0.2, 0.25) is 0 Å². The van der Waals surface area contributed by atoms with Crippen molar-refractivity contribution in [2.45, 2.75) is 22.5 Å². The van der Waals surface area contributed by atoms with E-state index < -0.39 is 0 Å². The van der Waals surface area contributed by atoms with E-state index in [0.717, 1.165) is 0 Å². The van der Waals surface area contributed by atoms with Crippen LogP contribution in [0.1, 0.15) is 22.6 Å². The SMILES string of the molecule is Cc1ccc(C2C3C=CC=C4c5ccccc5SC432)cc1. The highest BCUT2D eigenvalue weighted by Gasteiger charge is 2.69. The van der Waals surface area contributed by atoms with Crippen molar-refractivity contribution in [3.05, 3.63) is 83.4 Å². The van der Waals surface area contributed by atoms with Crippen molar-refractivity contribution in [3.63, 3.8) is 0 Å². The Labute approximate surface area is 129 Å². The predicted molar refractivity (Wildman–Crippen MR) is 89.6 cm³/mol. The first-order valence-electron chi connectivity index (χ1n) is 7.54. The summed E-state index contributed by atoms with van der Waals surface area (Å²) in [5.74, 6) is 1.28. The molecular weight excluding hydrogens is 272 g/mol. The lowest BCUT2D eigenvalue weighted by atomic mass is 9.95. The van der Waals surface area contributed by atoms with Gasteiger partial charge in [-0.25, -0.2) is 0 Å². The molecule has 1 heteroatoms. The Morgan fingerprint density at radius 1 is 1.00 bits per heavy atom. The van der Waals surface area contributed by atoms with Crippen LogP contribution in [0.25, 0.3) is 5.57 Å². The zero-order valence-electron chi connectivity index (χ0n) is 11.9. The Kier molecular flexibility index (Phi) is 2.22. The summed E-state index contributed by atoms with van der Waals surface area (Å²) in [6.45, 7) is 2.16. The number of thioether (sulfide) groups is 1. The zero-order valence-corrected chi connectivity index (χ0v) is 12.7. The Balaban J connectivity index is 1.64. The number of allylic oxidation sites excluding steroid dienone is 3. The molecule has 3 aliphatic rings. The number of hydrogen-bond donors (Lipinski definition) is 0. The quantitative estimate of drug-likeness (QED) is 0.694. The molecular formula is C20H16S. The molecule has 0 amide bonds. The summed E-state index contributed by atoms with van der Waals surface area (Å²) in [7, 11) is 0. The van der Waals surface area contributed by atoms with Crippen LogP contribution < -0.4 is 0 Å². The Hall–Kier alpha value is -1.73. The monoisotopic (exact) mass is 288 g/mol. The van der Waals surface area contributed by atoms with Crippen molar-refractivity contribution in [2.24, 2.45) is 5.92 Å². The van der Waals surface area contributed by atoms with Crippen LogP contribution in [0.3, 0.4) is 0 Å². The smallest absolute Gasteiger partial charge is 0.0605 e. The normalized spacial score (nSPS) is 31.2. The van der Waals surface area contributed by atoms with Gasteiger partial charge in [-0.05, 0) is 29.7 Å². The molecule has 0 saturated heterocycles. The first-order valence-corrected chi connectivity index (χ1v) is 8.36. The van der Waals surface area contributed by atoms with Crippen LogP contribution in [0.5, 0.6) is 0 Å². The van der Waals surface area contributed by atoms with E-state index in [1.807, 2.05) is 0 Å². The molecule has 0 N–H and O–H groups in total. The Bertz CT molecular complexity index is 797. The molecule has 0 nitrogen and oxygen atoms in total. The third-order valence-corrected chi connectivity index (χ3v) is 6.76. The number of fused-ring (bicyclic) bond motifs is 2. The fraction of sp³-hybridized carbons (Fsp3) is 0.200. The molecule has 1 fully saturated rings. The van der Waals surface area contributed by atoms with E-state index in [9.17, 15) is 0 Å². The van der Waals surface area contributed by atoms with Crippen LogP contribution in [0.15, 0.2) is 71.7 Å². The highest BCUT2D eigenvalue weighted by atomic mass is 32.2. The Morgan fingerprint density at radius 2 is 1.81 bits per heavy atom. The highest BCUT2D eigenvalue weighted by Crippen LogP contribution is 2.77. The van der Waals surface area contributed by atoms with Gasteiger partial charge in [0.25, 0.3) is 0 Å². The van der Waals surface area contributed by atoms with E-state index in [1.165, 1.54) is 21.6 Å². The molecule has 102 valence electrons. The number of hydrogen-bond acceptors (Lipinski definition) is 1. The molecule has 2 aromatic carbocycles. The Morgan fingerprint density at radius 3 is 2.67 bits per heavy atom. The van der Waals surface area contributed by atoms with E-state index in [1.54, 1.807) is 5.57 Å².